The van der Waals surface area contributed by atoms with Crippen LogP contribution >= 0.6 is 15.9 Å². The Morgan fingerprint density at radius 1 is 1.03 bits per heavy atom. The van der Waals surface area contributed by atoms with E-state index in [2.05, 4.69) is 25.4 Å². The Hall–Kier alpha value is -2.85. The maximum absolute atomic E-state index is 12.6. The molecule has 8 nitrogen and oxygen atoms in total. The van der Waals surface area contributed by atoms with Gasteiger partial charge in [0.2, 0.25) is 0 Å². The largest absolute Gasteiger partial charge is 0.490 e. The van der Waals surface area contributed by atoms with E-state index < -0.39 is 22.1 Å². The Labute approximate surface area is 182 Å². The lowest BCUT2D eigenvalue weighted by Gasteiger charge is -2.15. The van der Waals surface area contributed by atoms with Crippen LogP contribution in [-0.4, -0.2) is 41.2 Å². The summed E-state index contributed by atoms with van der Waals surface area (Å²) in [6, 6.07) is 10.5. The van der Waals surface area contributed by atoms with Gasteiger partial charge >= 0.3 is 22.1 Å². The first-order valence-electron chi connectivity index (χ1n) is 8.57. The number of hydrogen-bond acceptors (Lipinski definition) is 8. The molecule has 10 heteroatoms. The molecule has 2 aromatic rings. The molecule has 0 unspecified atom stereocenters. The first-order chi connectivity index (χ1) is 14.2. The lowest BCUT2D eigenvalue weighted by Crippen LogP contribution is -2.15. The summed E-state index contributed by atoms with van der Waals surface area (Å²) in [6.07, 6.45) is 1.24. The second-order valence-corrected chi connectivity index (χ2v) is 8.06. The van der Waals surface area contributed by atoms with E-state index in [1.807, 2.05) is 0 Å². The van der Waals surface area contributed by atoms with E-state index in [-0.39, 0.29) is 33.0 Å². The standard InChI is InChI=1S/C20H19BrO8S/c1-4-28-17-12-13(10-15(19(22)26-2)20(23)27-3)11-16(21)18(17)29-30(24,25)14-8-6-5-7-9-14/h5-12H,4H2,1-3H3. The highest BCUT2D eigenvalue weighted by molar-refractivity contribution is 9.10. The number of carbonyl (C=O) groups is 2. The molecule has 0 aliphatic heterocycles. The Morgan fingerprint density at radius 2 is 1.63 bits per heavy atom. The van der Waals surface area contributed by atoms with Crippen molar-refractivity contribution in [3.63, 3.8) is 0 Å². The van der Waals surface area contributed by atoms with Gasteiger partial charge in [0.05, 0.1) is 25.3 Å². The van der Waals surface area contributed by atoms with E-state index in [4.69, 9.17) is 8.92 Å². The maximum Gasteiger partial charge on any atom is 0.345 e. The highest BCUT2D eigenvalue weighted by Crippen LogP contribution is 2.39. The first-order valence-corrected chi connectivity index (χ1v) is 10.8. The molecule has 0 radical (unpaired) electrons. The van der Waals surface area contributed by atoms with Crippen LogP contribution in [0.5, 0.6) is 11.5 Å². The zero-order chi connectivity index (χ0) is 22.3. The van der Waals surface area contributed by atoms with E-state index in [0.29, 0.717) is 5.56 Å². The number of hydrogen-bond donors (Lipinski definition) is 0. The Kier molecular flexibility index (Phi) is 8.01. The van der Waals surface area contributed by atoms with Crippen LogP contribution in [0.15, 0.2) is 57.4 Å². The minimum atomic E-state index is -4.12. The van der Waals surface area contributed by atoms with Crippen LogP contribution in [0, 0.1) is 0 Å². The molecule has 0 aromatic heterocycles. The molecule has 2 aromatic carbocycles. The van der Waals surface area contributed by atoms with Crippen LogP contribution in [0.1, 0.15) is 12.5 Å². The highest BCUT2D eigenvalue weighted by Gasteiger charge is 2.24. The molecule has 0 heterocycles. The van der Waals surface area contributed by atoms with Gasteiger partial charge in [-0.15, -0.1) is 0 Å². The van der Waals surface area contributed by atoms with Gasteiger partial charge in [0.25, 0.3) is 0 Å². The van der Waals surface area contributed by atoms with E-state index in [9.17, 15) is 18.0 Å². The van der Waals surface area contributed by atoms with Gasteiger partial charge in [-0.1, -0.05) is 18.2 Å². The molecule has 0 saturated carbocycles. The van der Waals surface area contributed by atoms with Gasteiger partial charge in [-0.25, -0.2) is 9.59 Å². The van der Waals surface area contributed by atoms with Crippen LogP contribution < -0.4 is 8.92 Å². The fourth-order valence-corrected chi connectivity index (χ4v) is 3.97. The minimum absolute atomic E-state index is 0.0259. The van der Waals surface area contributed by atoms with E-state index in [1.165, 1.54) is 30.3 Å². The summed E-state index contributed by atoms with van der Waals surface area (Å²) in [6.45, 7) is 1.92. The second kappa shape index (κ2) is 10.3. The average Bonchev–Trinajstić information content (AvgIpc) is 2.74. The zero-order valence-electron chi connectivity index (χ0n) is 16.4. The smallest absolute Gasteiger partial charge is 0.345 e. The van der Waals surface area contributed by atoms with Crippen LogP contribution in [-0.2, 0) is 29.2 Å². The lowest BCUT2D eigenvalue weighted by atomic mass is 10.1. The average molecular weight is 499 g/mol. The van der Waals surface area contributed by atoms with Crippen molar-refractivity contribution >= 4 is 44.1 Å². The number of benzene rings is 2. The molecule has 30 heavy (non-hydrogen) atoms. The molecular weight excluding hydrogens is 480 g/mol. The number of esters is 2. The molecule has 0 aliphatic rings. The summed E-state index contributed by atoms with van der Waals surface area (Å²) < 4.78 is 45.4. The molecule has 0 bridgehead atoms. The Morgan fingerprint density at radius 3 is 2.17 bits per heavy atom. The molecule has 0 atom stereocenters. The summed E-state index contributed by atoms with van der Waals surface area (Å²) in [5.74, 6) is -1.76. The Bertz CT molecular complexity index is 1040. The predicted octanol–water partition coefficient (Wildman–Crippen LogP) is 3.34. The van der Waals surface area contributed by atoms with Crippen LogP contribution in [0.25, 0.3) is 6.08 Å². The molecule has 0 aliphatic carbocycles. The minimum Gasteiger partial charge on any atom is -0.490 e. The van der Waals surface area contributed by atoms with Gasteiger partial charge in [-0.2, -0.15) is 8.42 Å². The number of halogens is 1. The van der Waals surface area contributed by atoms with Crippen LogP contribution in [0.2, 0.25) is 0 Å². The summed E-state index contributed by atoms with van der Waals surface area (Å²) in [4.78, 5) is 23.7. The number of methoxy groups -OCH3 is 2. The summed E-state index contributed by atoms with van der Waals surface area (Å²) in [5, 5.41) is 0. The van der Waals surface area contributed by atoms with Gasteiger partial charge in [-0.05, 0) is 58.8 Å². The number of carbonyl (C=O) groups excluding carboxylic acids is 2. The van der Waals surface area contributed by atoms with Gasteiger partial charge in [0.1, 0.15) is 10.5 Å². The van der Waals surface area contributed by atoms with Crippen molar-refractivity contribution in [1.82, 2.24) is 0 Å². The molecule has 0 N–H and O–H groups in total. The van der Waals surface area contributed by atoms with Gasteiger partial charge < -0.3 is 18.4 Å². The van der Waals surface area contributed by atoms with Gasteiger partial charge in [0.15, 0.2) is 11.5 Å². The van der Waals surface area contributed by atoms with Crippen LogP contribution in [0.3, 0.4) is 0 Å². The van der Waals surface area contributed by atoms with Crippen molar-refractivity contribution in [3.05, 3.63) is 58.1 Å². The van der Waals surface area contributed by atoms with E-state index >= 15 is 0 Å². The first kappa shape index (κ1) is 23.4. The van der Waals surface area contributed by atoms with Crippen molar-refractivity contribution in [2.45, 2.75) is 11.8 Å². The van der Waals surface area contributed by atoms with E-state index in [1.54, 1.807) is 25.1 Å². The fraction of sp³-hybridized carbons (Fsp3) is 0.200. The third-order valence-electron chi connectivity index (χ3n) is 3.68. The van der Waals surface area contributed by atoms with E-state index in [0.717, 1.165) is 14.2 Å². The molecule has 0 amide bonds. The SMILES string of the molecule is CCOc1cc(C=C(C(=O)OC)C(=O)OC)cc(Br)c1OS(=O)(=O)c1ccccc1. The molecule has 160 valence electrons. The predicted molar refractivity (Wildman–Crippen MR) is 112 cm³/mol. The summed E-state index contributed by atoms with van der Waals surface area (Å²) in [7, 11) is -1.86. The van der Waals surface area contributed by atoms with Gasteiger partial charge in [0, 0.05) is 0 Å². The Balaban J connectivity index is 2.54. The molecular formula is C20H19BrO8S. The highest BCUT2D eigenvalue weighted by atomic mass is 79.9. The number of rotatable bonds is 8. The molecule has 2 rings (SSSR count). The topological polar surface area (TPSA) is 105 Å². The van der Waals surface area contributed by atoms with Crippen LogP contribution in [0.4, 0.5) is 0 Å². The van der Waals surface area contributed by atoms with Crippen molar-refractivity contribution in [1.29, 1.82) is 0 Å². The summed E-state index contributed by atoms with van der Waals surface area (Å²) in [5.41, 5.74) is 0.000470. The molecule has 0 spiro atoms. The fourth-order valence-electron chi connectivity index (χ4n) is 2.35. The van der Waals surface area contributed by atoms with Crippen molar-refractivity contribution < 1.29 is 36.4 Å². The normalized spacial score (nSPS) is 10.7. The van der Waals surface area contributed by atoms with Crippen molar-refractivity contribution in [3.8, 4) is 11.5 Å². The van der Waals surface area contributed by atoms with Crippen molar-refractivity contribution in [2.24, 2.45) is 0 Å². The number of ether oxygens (including phenoxy) is 3. The molecule has 0 fully saturated rings. The third-order valence-corrected chi connectivity index (χ3v) is 5.50. The quantitative estimate of drug-likeness (QED) is 0.179. The monoisotopic (exact) mass is 498 g/mol. The maximum atomic E-state index is 12.6. The zero-order valence-corrected chi connectivity index (χ0v) is 18.8. The van der Waals surface area contributed by atoms with Crippen molar-refractivity contribution in [2.75, 3.05) is 20.8 Å². The molecule has 0 saturated heterocycles. The second-order valence-electron chi connectivity index (χ2n) is 5.65. The van der Waals surface area contributed by atoms with Gasteiger partial charge in [-0.3, -0.25) is 0 Å². The summed E-state index contributed by atoms with van der Waals surface area (Å²) >= 11 is 3.26. The lowest BCUT2D eigenvalue weighted by molar-refractivity contribution is -0.143. The third kappa shape index (κ3) is 5.61.